The molecule has 0 spiro atoms. The van der Waals surface area contributed by atoms with Gasteiger partial charge in [0, 0.05) is 50.3 Å². The van der Waals surface area contributed by atoms with Crippen LogP contribution in [0.2, 0.25) is 0 Å². The summed E-state index contributed by atoms with van der Waals surface area (Å²) in [5.74, 6) is -0.405. The number of sulfonamides is 1. The van der Waals surface area contributed by atoms with E-state index in [0.29, 0.717) is 24.6 Å². The summed E-state index contributed by atoms with van der Waals surface area (Å²) in [5, 5.41) is 3.19. The molecule has 38 heavy (non-hydrogen) atoms. The standard InChI is InChI=1S/C29H44N4O4S/c1-4-22-12-9-10-18-33(22)19-11-17-30-29(35)26-21-32(5-2)27-16-15-24(20-25(27)28(26)34)38(36,37)31(3)23-13-7-6-8-14-23/h15-16,20-23H,4-14,17-19H2,1-3H3,(H,30,35)/t22-/m1/s1. The van der Waals surface area contributed by atoms with Crippen LogP contribution in [0.1, 0.15) is 88.4 Å². The number of fused-ring (bicyclic) bond motifs is 1. The Kier molecular flexibility index (Phi) is 9.65. The number of nitrogens with one attached hydrogen (secondary N) is 1. The Balaban J connectivity index is 1.53. The Labute approximate surface area is 227 Å². The van der Waals surface area contributed by atoms with Gasteiger partial charge in [0.2, 0.25) is 15.5 Å². The average Bonchev–Trinajstić information content (AvgIpc) is 2.95. The van der Waals surface area contributed by atoms with Gasteiger partial charge in [-0.25, -0.2) is 8.42 Å². The molecule has 2 fully saturated rings. The number of benzene rings is 1. The third-order valence-electron chi connectivity index (χ3n) is 8.53. The van der Waals surface area contributed by atoms with Crippen LogP contribution in [0.15, 0.2) is 34.1 Å². The van der Waals surface area contributed by atoms with Gasteiger partial charge in [-0.3, -0.25) is 9.59 Å². The number of hydrogen-bond donors (Lipinski definition) is 1. The van der Waals surface area contributed by atoms with Crippen LogP contribution < -0.4 is 10.7 Å². The SMILES string of the molecule is CC[C@@H]1CCCCN1CCCNC(=O)c1cn(CC)c2ccc(S(=O)(=O)N(C)C3CCCCC3)cc2c1=O. The minimum absolute atomic E-state index is 0.0219. The van der Waals surface area contributed by atoms with Crippen molar-refractivity contribution in [3.8, 4) is 0 Å². The topological polar surface area (TPSA) is 91.7 Å². The van der Waals surface area contributed by atoms with Crippen LogP contribution in [-0.2, 0) is 16.6 Å². The highest BCUT2D eigenvalue weighted by molar-refractivity contribution is 7.89. The van der Waals surface area contributed by atoms with Gasteiger partial charge in [0.1, 0.15) is 5.56 Å². The van der Waals surface area contributed by atoms with Gasteiger partial charge < -0.3 is 14.8 Å². The molecule has 2 heterocycles. The molecule has 0 radical (unpaired) electrons. The molecular weight excluding hydrogens is 500 g/mol. The van der Waals surface area contributed by atoms with Gasteiger partial charge in [0.15, 0.2) is 0 Å². The fourth-order valence-electron chi connectivity index (χ4n) is 6.16. The maximum atomic E-state index is 13.5. The third-order valence-corrected chi connectivity index (χ3v) is 10.4. The van der Waals surface area contributed by atoms with E-state index in [0.717, 1.165) is 58.0 Å². The fraction of sp³-hybridized carbons (Fsp3) is 0.655. The summed E-state index contributed by atoms with van der Waals surface area (Å²) in [5.41, 5.74) is 0.254. The van der Waals surface area contributed by atoms with Crippen LogP contribution in [0.3, 0.4) is 0 Å². The van der Waals surface area contributed by atoms with E-state index < -0.39 is 21.4 Å². The van der Waals surface area contributed by atoms with Crippen LogP contribution in [0.4, 0.5) is 0 Å². The number of piperidine rings is 1. The van der Waals surface area contributed by atoms with E-state index in [2.05, 4.69) is 17.1 Å². The minimum Gasteiger partial charge on any atom is -0.352 e. The largest absolute Gasteiger partial charge is 0.352 e. The number of aryl methyl sites for hydroxylation is 1. The van der Waals surface area contributed by atoms with Crippen LogP contribution in [0.25, 0.3) is 10.9 Å². The molecule has 1 aromatic heterocycles. The minimum atomic E-state index is -3.75. The van der Waals surface area contributed by atoms with Gasteiger partial charge in [-0.2, -0.15) is 4.31 Å². The molecule has 210 valence electrons. The van der Waals surface area contributed by atoms with Crippen molar-refractivity contribution in [3.63, 3.8) is 0 Å². The van der Waals surface area contributed by atoms with Gasteiger partial charge in [0.05, 0.1) is 10.4 Å². The fourth-order valence-corrected chi connectivity index (χ4v) is 7.61. The lowest BCUT2D eigenvalue weighted by molar-refractivity contribution is 0.0945. The van der Waals surface area contributed by atoms with E-state index >= 15 is 0 Å². The summed E-state index contributed by atoms with van der Waals surface area (Å²) in [6, 6.07) is 5.32. The van der Waals surface area contributed by atoms with Gasteiger partial charge in [0.25, 0.3) is 5.91 Å². The van der Waals surface area contributed by atoms with Crippen LogP contribution in [0.5, 0.6) is 0 Å². The lowest BCUT2D eigenvalue weighted by atomic mass is 9.96. The summed E-state index contributed by atoms with van der Waals surface area (Å²) in [7, 11) is -2.12. The van der Waals surface area contributed by atoms with Gasteiger partial charge in [-0.15, -0.1) is 0 Å². The predicted octanol–water partition coefficient (Wildman–Crippen LogP) is 4.36. The van der Waals surface area contributed by atoms with Crippen molar-refractivity contribution in [1.29, 1.82) is 0 Å². The zero-order valence-corrected chi connectivity index (χ0v) is 24.1. The smallest absolute Gasteiger partial charge is 0.256 e. The number of carbonyl (C=O) groups is 1. The second kappa shape index (κ2) is 12.7. The van der Waals surface area contributed by atoms with Crippen LogP contribution in [-0.4, -0.2) is 66.9 Å². The first-order valence-electron chi connectivity index (χ1n) is 14.4. The summed E-state index contributed by atoms with van der Waals surface area (Å²) in [6.45, 7) is 7.27. The van der Waals surface area contributed by atoms with Crippen molar-refractivity contribution in [2.24, 2.45) is 0 Å². The highest BCUT2D eigenvalue weighted by Crippen LogP contribution is 2.28. The van der Waals surface area contributed by atoms with Crippen molar-refractivity contribution in [3.05, 3.63) is 40.2 Å². The molecule has 1 aliphatic carbocycles. The van der Waals surface area contributed by atoms with Crippen molar-refractivity contribution in [2.45, 2.75) is 102 Å². The molecule has 1 aromatic carbocycles. The van der Waals surface area contributed by atoms with Crippen LogP contribution >= 0.6 is 0 Å². The summed E-state index contributed by atoms with van der Waals surface area (Å²) < 4.78 is 30.2. The van der Waals surface area contributed by atoms with Gasteiger partial charge in [-0.05, 0) is 70.2 Å². The summed E-state index contributed by atoms with van der Waals surface area (Å²) in [6.07, 6.45) is 12.2. The average molecular weight is 545 g/mol. The highest BCUT2D eigenvalue weighted by Gasteiger charge is 2.30. The van der Waals surface area contributed by atoms with E-state index in [4.69, 9.17) is 0 Å². The number of likely N-dealkylation sites (tertiary alicyclic amines) is 1. The Morgan fingerprint density at radius 2 is 1.82 bits per heavy atom. The molecular formula is C29H44N4O4S. The zero-order chi connectivity index (χ0) is 27.3. The number of rotatable bonds is 10. The molecule has 1 N–H and O–H groups in total. The monoisotopic (exact) mass is 544 g/mol. The van der Waals surface area contributed by atoms with Crippen molar-refractivity contribution in [1.82, 2.24) is 19.1 Å². The first-order valence-corrected chi connectivity index (χ1v) is 15.9. The molecule has 1 amide bonds. The van der Waals surface area contributed by atoms with E-state index in [-0.39, 0.29) is 21.9 Å². The zero-order valence-electron chi connectivity index (χ0n) is 23.2. The van der Waals surface area contributed by atoms with E-state index in [1.165, 1.54) is 29.6 Å². The number of aromatic nitrogens is 1. The lowest BCUT2D eigenvalue weighted by Gasteiger charge is -2.35. The number of amides is 1. The third kappa shape index (κ3) is 6.15. The highest BCUT2D eigenvalue weighted by atomic mass is 32.2. The predicted molar refractivity (Wildman–Crippen MR) is 152 cm³/mol. The van der Waals surface area contributed by atoms with Crippen molar-refractivity contribution >= 4 is 26.8 Å². The molecule has 1 saturated heterocycles. The molecule has 9 heteroatoms. The van der Waals surface area contributed by atoms with Gasteiger partial charge in [-0.1, -0.05) is 32.6 Å². The molecule has 4 rings (SSSR count). The molecule has 1 atom stereocenters. The van der Waals surface area contributed by atoms with Gasteiger partial charge >= 0.3 is 0 Å². The Hall–Kier alpha value is -2.23. The first-order chi connectivity index (χ1) is 18.3. The molecule has 8 nitrogen and oxygen atoms in total. The van der Waals surface area contributed by atoms with Crippen molar-refractivity contribution < 1.29 is 13.2 Å². The normalized spacial score (nSPS) is 19.7. The second-order valence-corrected chi connectivity index (χ2v) is 12.9. The lowest BCUT2D eigenvalue weighted by Crippen LogP contribution is -2.40. The Morgan fingerprint density at radius 3 is 2.53 bits per heavy atom. The number of carbonyl (C=O) groups excluding carboxylic acids is 1. The quantitative estimate of drug-likeness (QED) is 0.449. The van der Waals surface area contributed by atoms with E-state index in [9.17, 15) is 18.0 Å². The number of hydrogen-bond acceptors (Lipinski definition) is 5. The Morgan fingerprint density at radius 1 is 1.08 bits per heavy atom. The van der Waals surface area contributed by atoms with E-state index in [1.54, 1.807) is 25.4 Å². The molecule has 2 aliphatic rings. The number of pyridine rings is 1. The van der Waals surface area contributed by atoms with E-state index in [1.807, 2.05) is 11.5 Å². The summed E-state index contributed by atoms with van der Waals surface area (Å²) in [4.78, 5) is 29.2. The molecule has 1 aliphatic heterocycles. The molecule has 2 aromatic rings. The maximum Gasteiger partial charge on any atom is 0.256 e. The molecule has 0 unspecified atom stereocenters. The molecule has 0 bridgehead atoms. The maximum absolute atomic E-state index is 13.5. The van der Waals surface area contributed by atoms with Crippen molar-refractivity contribution in [2.75, 3.05) is 26.7 Å². The number of nitrogens with zero attached hydrogens (tertiary/aromatic N) is 3. The van der Waals surface area contributed by atoms with Crippen LogP contribution in [0, 0.1) is 0 Å². The molecule has 1 saturated carbocycles. The first kappa shape index (κ1) is 28.8. The Bertz CT molecular complexity index is 1280. The second-order valence-electron chi connectivity index (χ2n) is 10.9. The summed E-state index contributed by atoms with van der Waals surface area (Å²) >= 11 is 0.